The summed E-state index contributed by atoms with van der Waals surface area (Å²) in [7, 11) is 0.804. The zero-order valence-electron chi connectivity index (χ0n) is 13.9. The van der Waals surface area contributed by atoms with Crippen LogP contribution in [-0.2, 0) is 9.47 Å². The Hall–Kier alpha value is 0.350. The third-order valence-electron chi connectivity index (χ3n) is 3.87. The van der Waals surface area contributed by atoms with Crippen LogP contribution in [0.15, 0.2) is 0 Å². The molecule has 19 heavy (non-hydrogen) atoms. The van der Waals surface area contributed by atoms with Crippen molar-refractivity contribution in [2.45, 2.75) is 65.1 Å². The summed E-state index contributed by atoms with van der Waals surface area (Å²) < 4.78 is 11.3. The summed E-state index contributed by atoms with van der Waals surface area (Å²) >= 11 is 0. The summed E-state index contributed by atoms with van der Waals surface area (Å²) in [5.74, 6) is 0.505. The second-order valence-electron chi connectivity index (χ2n) is 5.74. The Morgan fingerprint density at radius 1 is 0.895 bits per heavy atom. The Labute approximate surface area is 122 Å². The molecule has 0 heterocycles. The summed E-state index contributed by atoms with van der Waals surface area (Å²) in [5.41, 5.74) is 0. The van der Waals surface area contributed by atoms with Crippen LogP contribution in [0.4, 0.5) is 0 Å². The Morgan fingerprint density at radius 3 is 1.89 bits per heavy atom. The molecule has 0 bridgehead atoms. The Balaban J connectivity index is 4.57. The van der Waals surface area contributed by atoms with Crippen molar-refractivity contribution in [2.75, 3.05) is 39.3 Å². The fraction of sp³-hybridized carbons (Fsp3) is 1.00. The van der Waals surface area contributed by atoms with E-state index in [-0.39, 0.29) is 0 Å². The largest absolute Gasteiger partial charge is 0.382 e. The summed E-state index contributed by atoms with van der Waals surface area (Å²) in [6.07, 6.45) is 10.6. The van der Waals surface area contributed by atoms with Gasteiger partial charge in [0, 0.05) is 20.8 Å². The van der Waals surface area contributed by atoms with Crippen molar-refractivity contribution in [3.8, 4) is 0 Å². The van der Waals surface area contributed by atoms with Crippen molar-refractivity contribution in [2.24, 2.45) is 0 Å². The molecule has 1 unspecified atom stereocenters. The maximum absolute atomic E-state index is 6.21. The average molecular weight is 291 g/mol. The minimum Gasteiger partial charge on any atom is -0.382 e. The van der Waals surface area contributed by atoms with Crippen LogP contribution in [0.2, 0.25) is 0 Å². The Morgan fingerprint density at radius 2 is 1.47 bits per heavy atom. The number of methoxy groups -OCH3 is 1. The van der Waals surface area contributed by atoms with Crippen molar-refractivity contribution in [3.05, 3.63) is 0 Å². The highest BCUT2D eigenvalue weighted by Crippen LogP contribution is 2.62. The summed E-state index contributed by atoms with van der Waals surface area (Å²) in [4.78, 5) is 0. The fourth-order valence-electron chi connectivity index (χ4n) is 2.53. The molecular weight excluding hydrogens is 255 g/mol. The molecule has 0 aliphatic carbocycles. The van der Waals surface area contributed by atoms with E-state index in [1.165, 1.54) is 50.8 Å². The van der Waals surface area contributed by atoms with Crippen molar-refractivity contribution in [3.63, 3.8) is 0 Å². The maximum Gasteiger partial charge on any atom is 0.166 e. The second kappa shape index (κ2) is 12.1. The van der Waals surface area contributed by atoms with Crippen LogP contribution in [-0.4, -0.2) is 45.2 Å². The van der Waals surface area contributed by atoms with Gasteiger partial charge in [0.2, 0.25) is 0 Å². The van der Waals surface area contributed by atoms with E-state index in [4.69, 9.17) is 9.47 Å². The van der Waals surface area contributed by atoms with Gasteiger partial charge in [-0.3, -0.25) is 0 Å². The lowest BCUT2D eigenvalue weighted by atomic mass is 10.3. The van der Waals surface area contributed by atoms with Crippen LogP contribution >= 0.6 is 7.26 Å². The number of hydrogen-bond acceptors (Lipinski definition) is 2. The minimum absolute atomic E-state index is 0.505. The second-order valence-corrected chi connectivity index (χ2v) is 10.2. The molecule has 0 aliphatic rings. The lowest BCUT2D eigenvalue weighted by Gasteiger charge is -2.31. The van der Waals surface area contributed by atoms with Crippen molar-refractivity contribution in [1.82, 2.24) is 0 Å². The van der Waals surface area contributed by atoms with Gasteiger partial charge in [-0.15, -0.1) is 0 Å². The number of rotatable bonds is 13. The lowest BCUT2D eigenvalue weighted by Crippen LogP contribution is -2.23. The first kappa shape index (κ1) is 19.4. The van der Waals surface area contributed by atoms with Crippen LogP contribution in [0.3, 0.4) is 0 Å². The minimum atomic E-state index is -0.947. The summed E-state index contributed by atoms with van der Waals surface area (Å²) in [6, 6.07) is 0. The molecule has 0 aromatic carbocycles. The van der Waals surface area contributed by atoms with Gasteiger partial charge in [-0.25, -0.2) is 0 Å². The molecular formula is C16H36O2P+. The lowest BCUT2D eigenvalue weighted by molar-refractivity contribution is 0.0499. The predicted molar refractivity (Wildman–Crippen MR) is 88.9 cm³/mol. The topological polar surface area (TPSA) is 18.5 Å². The van der Waals surface area contributed by atoms with Crippen LogP contribution in [0.1, 0.15) is 59.3 Å². The molecule has 0 aromatic heterocycles. The highest BCUT2D eigenvalue weighted by atomic mass is 31.2. The monoisotopic (exact) mass is 291 g/mol. The molecule has 0 fully saturated rings. The van der Waals surface area contributed by atoms with E-state index in [9.17, 15) is 0 Å². The van der Waals surface area contributed by atoms with Crippen LogP contribution < -0.4 is 0 Å². The zero-order chi connectivity index (χ0) is 14.6. The fourth-order valence-corrected chi connectivity index (χ4v) is 6.75. The molecule has 0 saturated carbocycles. The van der Waals surface area contributed by atoms with Crippen molar-refractivity contribution >= 4 is 7.26 Å². The first-order valence-corrected chi connectivity index (χ1v) is 10.8. The number of ether oxygens (including phenoxy) is 2. The highest BCUT2D eigenvalue weighted by Gasteiger charge is 2.40. The molecule has 0 radical (unpaired) electrons. The molecule has 0 rings (SSSR count). The normalized spacial score (nSPS) is 13.7. The van der Waals surface area contributed by atoms with Crippen molar-refractivity contribution < 1.29 is 9.47 Å². The Bertz CT molecular complexity index is 189. The molecule has 3 heteroatoms. The van der Waals surface area contributed by atoms with Gasteiger partial charge in [0.25, 0.3) is 0 Å². The molecule has 0 spiro atoms. The van der Waals surface area contributed by atoms with Gasteiger partial charge in [0.05, 0.1) is 32.2 Å². The molecule has 0 amide bonds. The van der Waals surface area contributed by atoms with E-state index in [0.717, 1.165) is 13.2 Å². The van der Waals surface area contributed by atoms with Gasteiger partial charge < -0.3 is 9.47 Å². The van der Waals surface area contributed by atoms with E-state index < -0.39 is 7.26 Å². The molecule has 2 nitrogen and oxygen atoms in total. The van der Waals surface area contributed by atoms with E-state index in [0.29, 0.717) is 5.85 Å². The van der Waals surface area contributed by atoms with Gasteiger partial charge in [-0.05, 0) is 12.8 Å². The van der Waals surface area contributed by atoms with E-state index >= 15 is 0 Å². The molecule has 116 valence electrons. The maximum atomic E-state index is 6.21. The van der Waals surface area contributed by atoms with Gasteiger partial charge >= 0.3 is 0 Å². The first-order chi connectivity index (χ1) is 9.14. The number of hydrogen-bond donors (Lipinski definition) is 0. The quantitative estimate of drug-likeness (QED) is 0.350. The summed E-state index contributed by atoms with van der Waals surface area (Å²) in [5, 5.41) is 0. The molecule has 0 aliphatic heterocycles. The van der Waals surface area contributed by atoms with Gasteiger partial charge in [-0.1, -0.05) is 40.0 Å². The predicted octanol–water partition coefficient (Wildman–Crippen LogP) is 5.02. The van der Waals surface area contributed by atoms with E-state index in [2.05, 4.69) is 27.4 Å². The van der Waals surface area contributed by atoms with Crippen LogP contribution in [0.25, 0.3) is 0 Å². The number of unbranched alkanes of at least 4 members (excludes halogenated alkanes) is 2. The Kier molecular flexibility index (Phi) is 12.3. The molecule has 0 saturated heterocycles. The smallest absolute Gasteiger partial charge is 0.166 e. The SMILES string of the molecule is CCCC[P+](C)(CCCC)C(CCC)OCCOC. The standard InChI is InChI=1S/C16H36O2P/c1-6-9-14-19(5,15-10-7-2)16(11-8-3)18-13-12-17-4/h16H,6-15H2,1-5H3/q+1. The summed E-state index contributed by atoms with van der Waals surface area (Å²) in [6.45, 7) is 10.9. The van der Waals surface area contributed by atoms with Crippen LogP contribution in [0, 0.1) is 0 Å². The van der Waals surface area contributed by atoms with E-state index in [1.54, 1.807) is 7.11 Å². The zero-order valence-corrected chi connectivity index (χ0v) is 14.8. The molecule has 0 aromatic rings. The average Bonchev–Trinajstić information content (AvgIpc) is 2.42. The first-order valence-electron chi connectivity index (χ1n) is 8.09. The molecule has 0 N–H and O–H groups in total. The van der Waals surface area contributed by atoms with E-state index in [1.807, 2.05) is 0 Å². The van der Waals surface area contributed by atoms with Crippen molar-refractivity contribution in [1.29, 1.82) is 0 Å². The van der Waals surface area contributed by atoms with Crippen LogP contribution in [0.5, 0.6) is 0 Å². The van der Waals surface area contributed by atoms with Gasteiger partial charge in [0.1, 0.15) is 0 Å². The van der Waals surface area contributed by atoms with Gasteiger partial charge in [0.15, 0.2) is 5.85 Å². The highest BCUT2D eigenvalue weighted by molar-refractivity contribution is 7.75. The third-order valence-corrected chi connectivity index (χ3v) is 8.35. The molecule has 1 atom stereocenters. The van der Waals surface area contributed by atoms with Gasteiger partial charge in [-0.2, -0.15) is 0 Å². The third kappa shape index (κ3) is 8.27.